The molecular weight excluding hydrogens is 236 g/mol. The molecule has 0 aliphatic carbocycles. The first-order valence-electron chi connectivity index (χ1n) is 5.24. The number of aryl methyl sites for hydroxylation is 3. The summed E-state index contributed by atoms with van der Waals surface area (Å²) in [6, 6.07) is 1.88. The number of Topliss-reactive ketones (excluding diaryl/α,β-unsaturated/α-hetero) is 1. The van der Waals surface area contributed by atoms with Crippen LogP contribution in [0.2, 0.25) is 0 Å². The maximum Gasteiger partial charge on any atom is 0.191 e. The second-order valence-electron chi connectivity index (χ2n) is 3.93. The predicted molar refractivity (Wildman–Crippen MR) is 66.3 cm³/mol. The summed E-state index contributed by atoms with van der Waals surface area (Å²) in [4.78, 5) is 15.1. The topological polar surface area (TPSA) is 63.6 Å². The Labute approximate surface area is 104 Å². The third kappa shape index (κ3) is 2.58. The Morgan fingerprint density at radius 3 is 2.82 bits per heavy atom. The molecule has 0 atom stereocenters. The highest BCUT2D eigenvalue weighted by molar-refractivity contribution is 7.99. The Morgan fingerprint density at radius 1 is 1.53 bits per heavy atom. The number of aromatic amines is 1. The third-order valence-electron chi connectivity index (χ3n) is 2.45. The number of rotatable bonds is 4. The zero-order chi connectivity index (χ0) is 12.4. The summed E-state index contributed by atoms with van der Waals surface area (Å²) < 4.78 is 1.80. The normalized spacial score (nSPS) is 10.8. The third-order valence-corrected chi connectivity index (χ3v) is 3.49. The van der Waals surface area contributed by atoms with Crippen molar-refractivity contribution >= 4 is 17.5 Å². The second kappa shape index (κ2) is 4.75. The average Bonchev–Trinajstić information content (AvgIpc) is 2.81. The SMILES string of the molecule is Cc1cc(C(=O)CSc2nncn2C)c(C)[nH]1. The van der Waals surface area contributed by atoms with Gasteiger partial charge in [-0.2, -0.15) is 0 Å². The van der Waals surface area contributed by atoms with Crippen molar-refractivity contribution in [3.8, 4) is 0 Å². The van der Waals surface area contributed by atoms with Crippen molar-refractivity contribution < 1.29 is 4.79 Å². The lowest BCUT2D eigenvalue weighted by atomic mass is 10.2. The van der Waals surface area contributed by atoms with Gasteiger partial charge in [0, 0.05) is 24.0 Å². The van der Waals surface area contributed by atoms with Crippen molar-refractivity contribution in [2.75, 3.05) is 5.75 Å². The summed E-state index contributed by atoms with van der Waals surface area (Å²) in [5.41, 5.74) is 2.69. The van der Waals surface area contributed by atoms with Gasteiger partial charge >= 0.3 is 0 Å². The van der Waals surface area contributed by atoms with E-state index in [0.717, 1.165) is 22.1 Å². The molecule has 17 heavy (non-hydrogen) atoms. The summed E-state index contributed by atoms with van der Waals surface area (Å²) >= 11 is 1.40. The van der Waals surface area contributed by atoms with E-state index in [1.807, 2.05) is 27.0 Å². The molecule has 0 saturated heterocycles. The van der Waals surface area contributed by atoms with Gasteiger partial charge in [-0.3, -0.25) is 4.79 Å². The molecule has 90 valence electrons. The molecule has 0 spiro atoms. The standard InChI is InChI=1S/C11H14N4OS/c1-7-4-9(8(2)13-7)10(16)5-17-11-14-12-6-15(11)3/h4,6,13H,5H2,1-3H3. The quantitative estimate of drug-likeness (QED) is 0.663. The number of aromatic nitrogens is 4. The van der Waals surface area contributed by atoms with Gasteiger partial charge in [-0.25, -0.2) is 0 Å². The highest BCUT2D eigenvalue weighted by Gasteiger charge is 2.13. The van der Waals surface area contributed by atoms with Crippen molar-refractivity contribution in [1.29, 1.82) is 0 Å². The van der Waals surface area contributed by atoms with Crippen LogP contribution in [-0.2, 0) is 7.05 Å². The molecule has 2 heterocycles. The molecule has 5 nitrogen and oxygen atoms in total. The number of carbonyl (C=O) groups excluding carboxylic acids is 1. The van der Waals surface area contributed by atoms with Crippen LogP contribution in [0.25, 0.3) is 0 Å². The van der Waals surface area contributed by atoms with Gasteiger partial charge in [0.15, 0.2) is 10.9 Å². The van der Waals surface area contributed by atoms with Crippen LogP contribution in [0.3, 0.4) is 0 Å². The van der Waals surface area contributed by atoms with Crippen molar-refractivity contribution in [1.82, 2.24) is 19.7 Å². The Hall–Kier alpha value is -1.56. The van der Waals surface area contributed by atoms with E-state index in [1.165, 1.54) is 11.8 Å². The molecule has 0 bridgehead atoms. The van der Waals surface area contributed by atoms with Gasteiger partial charge < -0.3 is 9.55 Å². The second-order valence-corrected chi connectivity index (χ2v) is 4.87. The average molecular weight is 250 g/mol. The predicted octanol–water partition coefficient (Wildman–Crippen LogP) is 1.74. The maximum atomic E-state index is 12.0. The number of H-pyrrole nitrogens is 1. The summed E-state index contributed by atoms with van der Waals surface area (Å²) in [6.07, 6.45) is 1.62. The van der Waals surface area contributed by atoms with Gasteiger partial charge in [-0.1, -0.05) is 11.8 Å². The van der Waals surface area contributed by atoms with E-state index < -0.39 is 0 Å². The Kier molecular flexibility index (Phi) is 3.33. The largest absolute Gasteiger partial charge is 0.362 e. The fourth-order valence-electron chi connectivity index (χ4n) is 1.62. The minimum absolute atomic E-state index is 0.111. The lowest BCUT2D eigenvalue weighted by Crippen LogP contribution is -2.04. The Morgan fingerprint density at radius 2 is 2.29 bits per heavy atom. The van der Waals surface area contributed by atoms with Crippen molar-refractivity contribution in [3.63, 3.8) is 0 Å². The number of ketones is 1. The number of hydrogen-bond acceptors (Lipinski definition) is 4. The fraction of sp³-hybridized carbons (Fsp3) is 0.364. The van der Waals surface area contributed by atoms with Crippen LogP contribution in [0.5, 0.6) is 0 Å². The van der Waals surface area contributed by atoms with Gasteiger partial charge in [-0.15, -0.1) is 10.2 Å². The minimum atomic E-state index is 0.111. The highest BCUT2D eigenvalue weighted by atomic mass is 32.2. The molecular formula is C11H14N4OS. The van der Waals surface area contributed by atoms with Crippen LogP contribution in [-0.4, -0.2) is 31.3 Å². The lowest BCUT2D eigenvalue weighted by Gasteiger charge is -2.00. The van der Waals surface area contributed by atoms with Gasteiger partial charge in [0.2, 0.25) is 0 Å². The van der Waals surface area contributed by atoms with E-state index >= 15 is 0 Å². The molecule has 0 radical (unpaired) electrons. The smallest absolute Gasteiger partial charge is 0.191 e. The number of thioether (sulfide) groups is 1. The van der Waals surface area contributed by atoms with E-state index in [0.29, 0.717) is 5.75 Å². The molecule has 2 rings (SSSR count). The molecule has 1 N–H and O–H groups in total. The first-order chi connectivity index (χ1) is 8.08. The monoisotopic (exact) mass is 250 g/mol. The number of hydrogen-bond donors (Lipinski definition) is 1. The Bertz CT molecular complexity index is 543. The molecule has 0 aliphatic heterocycles. The summed E-state index contributed by atoms with van der Waals surface area (Å²) in [7, 11) is 1.86. The van der Waals surface area contributed by atoms with Crippen LogP contribution in [0, 0.1) is 13.8 Å². The molecule has 0 aliphatic rings. The van der Waals surface area contributed by atoms with E-state index in [1.54, 1.807) is 10.9 Å². The molecule has 6 heteroatoms. The number of nitrogens with one attached hydrogen (secondary N) is 1. The van der Waals surface area contributed by atoms with Gasteiger partial charge in [0.1, 0.15) is 6.33 Å². The molecule has 2 aromatic heterocycles. The molecule has 0 unspecified atom stereocenters. The highest BCUT2D eigenvalue weighted by Crippen LogP contribution is 2.17. The van der Waals surface area contributed by atoms with Crippen molar-refractivity contribution in [3.05, 3.63) is 29.3 Å². The van der Waals surface area contributed by atoms with Gasteiger partial charge in [0.05, 0.1) is 5.75 Å². The zero-order valence-corrected chi connectivity index (χ0v) is 10.8. The fourth-order valence-corrected chi connectivity index (χ4v) is 2.40. The molecule has 2 aromatic rings. The van der Waals surface area contributed by atoms with Crippen LogP contribution in [0.1, 0.15) is 21.7 Å². The van der Waals surface area contributed by atoms with Crippen LogP contribution in [0.15, 0.2) is 17.6 Å². The van der Waals surface area contributed by atoms with E-state index in [2.05, 4.69) is 15.2 Å². The maximum absolute atomic E-state index is 12.0. The summed E-state index contributed by atoms with van der Waals surface area (Å²) in [6.45, 7) is 3.85. The first-order valence-corrected chi connectivity index (χ1v) is 6.22. The van der Waals surface area contributed by atoms with Crippen LogP contribution < -0.4 is 0 Å². The van der Waals surface area contributed by atoms with Crippen molar-refractivity contribution in [2.45, 2.75) is 19.0 Å². The van der Waals surface area contributed by atoms with Gasteiger partial charge in [0.25, 0.3) is 0 Å². The lowest BCUT2D eigenvalue weighted by molar-refractivity contribution is 0.102. The molecule has 0 fully saturated rings. The summed E-state index contributed by atoms with van der Waals surface area (Å²) in [5, 5.41) is 8.45. The first kappa shape index (κ1) is 11.9. The zero-order valence-electron chi connectivity index (χ0n) is 10.0. The molecule has 0 saturated carbocycles. The number of carbonyl (C=O) groups is 1. The molecule has 0 aromatic carbocycles. The summed E-state index contributed by atoms with van der Waals surface area (Å²) in [5.74, 6) is 0.491. The van der Waals surface area contributed by atoms with E-state index in [-0.39, 0.29) is 5.78 Å². The van der Waals surface area contributed by atoms with Crippen LogP contribution in [0.4, 0.5) is 0 Å². The Balaban J connectivity index is 2.03. The van der Waals surface area contributed by atoms with Crippen molar-refractivity contribution in [2.24, 2.45) is 7.05 Å². The minimum Gasteiger partial charge on any atom is -0.362 e. The number of nitrogens with zero attached hydrogens (tertiary/aromatic N) is 3. The van der Waals surface area contributed by atoms with Gasteiger partial charge in [-0.05, 0) is 19.9 Å². The molecule has 0 amide bonds. The van der Waals surface area contributed by atoms with E-state index in [4.69, 9.17) is 0 Å². The van der Waals surface area contributed by atoms with E-state index in [9.17, 15) is 4.79 Å². The van der Waals surface area contributed by atoms with Crippen LogP contribution >= 0.6 is 11.8 Å².